The molecule has 4 nitrogen and oxygen atoms in total. The van der Waals surface area contributed by atoms with E-state index in [1.807, 2.05) is 30.3 Å². The highest BCUT2D eigenvalue weighted by molar-refractivity contribution is 5.88. The van der Waals surface area contributed by atoms with E-state index in [4.69, 9.17) is 5.73 Å². The number of rotatable bonds is 2. The van der Waals surface area contributed by atoms with Gasteiger partial charge in [0, 0.05) is 11.6 Å². The Bertz CT molecular complexity index is 461. The third-order valence-electron chi connectivity index (χ3n) is 2.03. The predicted molar refractivity (Wildman–Crippen MR) is 55.4 cm³/mol. The van der Waals surface area contributed by atoms with Gasteiger partial charge in [-0.15, -0.1) is 0 Å². The molecule has 0 aliphatic carbocycles. The van der Waals surface area contributed by atoms with Crippen molar-refractivity contribution in [3.63, 3.8) is 0 Å². The molecule has 0 radical (unpaired) electrons. The van der Waals surface area contributed by atoms with Crippen molar-refractivity contribution in [1.82, 2.24) is 4.68 Å². The van der Waals surface area contributed by atoms with E-state index in [2.05, 4.69) is 5.43 Å². The fraction of sp³-hybridized carbons (Fsp3) is 0.100. The third-order valence-corrected chi connectivity index (χ3v) is 2.03. The van der Waals surface area contributed by atoms with Crippen molar-refractivity contribution < 1.29 is 4.79 Å². The van der Waals surface area contributed by atoms with Crippen LogP contribution < -0.4 is 11.2 Å². The standard InChI is InChI=1S/C10H11N3O/c11-7-10(14)12-13-6-5-8-3-1-2-4-9(8)13/h1-6H,7,11H2,(H,12,14). The zero-order valence-corrected chi connectivity index (χ0v) is 7.60. The number of hydrogen-bond donors (Lipinski definition) is 2. The molecule has 2 rings (SSSR count). The van der Waals surface area contributed by atoms with Crippen molar-refractivity contribution in [2.45, 2.75) is 0 Å². The van der Waals surface area contributed by atoms with Crippen LogP contribution in [0.25, 0.3) is 10.9 Å². The van der Waals surface area contributed by atoms with Gasteiger partial charge in [-0.3, -0.25) is 14.9 Å². The predicted octanol–water partition coefficient (Wildman–Crippen LogP) is 0.670. The minimum absolute atomic E-state index is 0.00743. The number of nitrogens with one attached hydrogen (secondary N) is 1. The highest BCUT2D eigenvalue weighted by Crippen LogP contribution is 2.12. The van der Waals surface area contributed by atoms with E-state index in [1.54, 1.807) is 10.9 Å². The maximum atomic E-state index is 11.1. The van der Waals surface area contributed by atoms with E-state index >= 15 is 0 Å². The quantitative estimate of drug-likeness (QED) is 0.729. The van der Waals surface area contributed by atoms with E-state index in [1.165, 1.54) is 0 Å². The van der Waals surface area contributed by atoms with Crippen LogP contribution in [-0.2, 0) is 4.79 Å². The van der Waals surface area contributed by atoms with E-state index in [0.29, 0.717) is 0 Å². The summed E-state index contributed by atoms with van der Waals surface area (Å²) in [6, 6.07) is 9.74. The number of fused-ring (bicyclic) bond motifs is 1. The van der Waals surface area contributed by atoms with Crippen molar-refractivity contribution in [1.29, 1.82) is 0 Å². The summed E-state index contributed by atoms with van der Waals surface area (Å²) in [5.74, 6) is -0.202. The second-order valence-corrected chi connectivity index (χ2v) is 2.98. The number of amides is 1. The number of benzene rings is 1. The van der Waals surface area contributed by atoms with Crippen molar-refractivity contribution in [3.05, 3.63) is 36.5 Å². The maximum absolute atomic E-state index is 11.1. The topological polar surface area (TPSA) is 60.1 Å². The molecule has 0 atom stereocenters. The molecule has 0 bridgehead atoms. The Hall–Kier alpha value is -1.81. The summed E-state index contributed by atoms with van der Waals surface area (Å²) in [6.45, 7) is -0.00743. The second-order valence-electron chi connectivity index (χ2n) is 2.98. The molecular formula is C10H11N3O. The third kappa shape index (κ3) is 1.47. The number of nitrogens with two attached hydrogens (primary N) is 1. The Balaban J connectivity index is 2.38. The van der Waals surface area contributed by atoms with E-state index in [0.717, 1.165) is 10.9 Å². The van der Waals surface area contributed by atoms with E-state index in [9.17, 15) is 4.79 Å². The molecule has 1 heterocycles. The van der Waals surface area contributed by atoms with Crippen LogP contribution >= 0.6 is 0 Å². The van der Waals surface area contributed by atoms with E-state index < -0.39 is 0 Å². The lowest BCUT2D eigenvalue weighted by Gasteiger charge is -2.05. The molecule has 0 fully saturated rings. The van der Waals surface area contributed by atoms with Crippen LogP contribution in [0.2, 0.25) is 0 Å². The Morgan fingerprint density at radius 3 is 2.93 bits per heavy atom. The summed E-state index contributed by atoms with van der Waals surface area (Å²) < 4.78 is 1.67. The van der Waals surface area contributed by atoms with Crippen molar-refractivity contribution in [2.75, 3.05) is 12.0 Å². The Morgan fingerprint density at radius 1 is 1.36 bits per heavy atom. The molecule has 14 heavy (non-hydrogen) atoms. The van der Waals surface area contributed by atoms with Gasteiger partial charge < -0.3 is 5.73 Å². The van der Waals surface area contributed by atoms with Gasteiger partial charge in [0.25, 0.3) is 5.91 Å². The molecule has 0 aliphatic heterocycles. The molecule has 0 saturated heterocycles. The van der Waals surface area contributed by atoms with Crippen molar-refractivity contribution in [3.8, 4) is 0 Å². The zero-order valence-electron chi connectivity index (χ0n) is 7.60. The molecule has 0 aliphatic rings. The van der Waals surface area contributed by atoms with E-state index in [-0.39, 0.29) is 12.5 Å². The van der Waals surface area contributed by atoms with Gasteiger partial charge in [0.15, 0.2) is 0 Å². The average molecular weight is 189 g/mol. The number of para-hydroxylation sites is 1. The minimum atomic E-state index is -0.202. The molecule has 0 saturated carbocycles. The van der Waals surface area contributed by atoms with Crippen LogP contribution in [0.4, 0.5) is 0 Å². The summed E-state index contributed by atoms with van der Waals surface area (Å²) in [5.41, 5.74) is 8.84. The Morgan fingerprint density at radius 2 is 2.14 bits per heavy atom. The summed E-state index contributed by atoms with van der Waals surface area (Å²) in [5, 5.41) is 1.09. The van der Waals surface area contributed by atoms with Gasteiger partial charge in [0.1, 0.15) is 0 Å². The molecule has 1 aromatic carbocycles. The van der Waals surface area contributed by atoms with Crippen molar-refractivity contribution >= 4 is 16.8 Å². The lowest BCUT2D eigenvalue weighted by molar-refractivity contribution is -0.115. The number of carbonyl (C=O) groups excluding carboxylic acids is 1. The summed E-state index contributed by atoms with van der Waals surface area (Å²) in [7, 11) is 0. The lowest BCUT2D eigenvalue weighted by Crippen LogP contribution is -2.28. The van der Waals surface area contributed by atoms with Gasteiger partial charge in [0.05, 0.1) is 12.1 Å². The fourth-order valence-corrected chi connectivity index (χ4v) is 1.36. The molecular weight excluding hydrogens is 178 g/mol. The van der Waals surface area contributed by atoms with Crippen LogP contribution in [-0.4, -0.2) is 17.1 Å². The molecule has 72 valence electrons. The van der Waals surface area contributed by atoms with Crippen LogP contribution in [0.3, 0.4) is 0 Å². The summed E-state index contributed by atoms with van der Waals surface area (Å²) >= 11 is 0. The van der Waals surface area contributed by atoms with Gasteiger partial charge in [-0.25, -0.2) is 0 Å². The first-order valence-electron chi connectivity index (χ1n) is 4.37. The SMILES string of the molecule is NCC(=O)Nn1ccc2ccccc21. The largest absolute Gasteiger partial charge is 0.322 e. The average Bonchev–Trinajstić information content (AvgIpc) is 2.62. The molecule has 0 spiro atoms. The lowest BCUT2D eigenvalue weighted by atomic mass is 10.3. The summed E-state index contributed by atoms with van der Waals surface area (Å²) in [6.07, 6.45) is 1.80. The molecule has 4 heteroatoms. The van der Waals surface area contributed by atoms with Crippen LogP contribution in [0, 0.1) is 0 Å². The molecule has 1 aromatic heterocycles. The van der Waals surface area contributed by atoms with Crippen molar-refractivity contribution in [2.24, 2.45) is 5.73 Å². The van der Waals surface area contributed by atoms with Gasteiger partial charge >= 0.3 is 0 Å². The Kier molecular flexibility index (Phi) is 2.20. The van der Waals surface area contributed by atoms with Crippen LogP contribution in [0.1, 0.15) is 0 Å². The molecule has 3 N–H and O–H groups in total. The smallest absolute Gasteiger partial charge is 0.252 e. The van der Waals surface area contributed by atoms with Gasteiger partial charge in [-0.1, -0.05) is 18.2 Å². The van der Waals surface area contributed by atoms with Crippen LogP contribution in [0.5, 0.6) is 0 Å². The minimum Gasteiger partial charge on any atom is -0.322 e. The fourth-order valence-electron chi connectivity index (χ4n) is 1.36. The normalized spacial score (nSPS) is 10.4. The number of carbonyl (C=O) groups is 1. The molecule has 1 amide bonds. The zero-order chi connectivity index (χ0) is 9.97. The second kappa shape index (κ2) is 3.51. The number of hydrogen-bond acceptors (Lipinski definition) is 2. The van der Waals surface area contributed by atoms with Gasteiger partial charge in [0.2, 0.25) is 0 Å². The first kappa shape index (κ1) is 8.77. The Labute approximate surface area is 81.3 Å². The van der Waals surface area contributed by atoms with Gasteiger partial charge in [-0.2, -0.15) is 0 Å². The maximum Gasteiger partial charge on any atom is 0.252 e. The monoisotopic (exact) mass is 189 g/mol. The first-order valence-corrected chi connectivity index (χ1v) is 4.37. The molecule has 2 aromatic rings. The highest BCUT2D eigenvalue weighted by atomic mass is 16.2. The van der Waals surface area contributed by atoms with Crippen LogP contribution in [0.15, 0.2) is 36.5 Å². The number of aromatic nitrogens is 1. The molecule has 0 unspecified atom stereocenters. The van der Waals surface area contributed by atoms with Gasteiger partial charge in [-0.05, 0) is 12.1 Å². The summed E-state index contributed by atoms with van der Waals surface area (Å²) in [4.78, 5) is 11.1. The first-order chi connectivity index (χ1) is 6.81. The highest BCUT2D eigenvalue weighted by Gasteiger charge is 2.01. The number of nitrogens with zero attached hydrogens (tertiary/aromatic N) is 1.